The van der Waals surface area contributed by atoms with E-state index in [1.165, 1.54) is 36.3 Å². The number of thiophene rings is 1. The Kier molecular flexibility index (Phi) is 7.14. The fourth-order valence-corrected chi connectivity index (χ4v) is 9.13. The van der Waals surface area contributed by atoms with Crippen LogP contribution in [0.4, 0.5) is 17.1 Å². The van der Waals surface area contributed by atoms with Crippen LogP contribution in [0.15, 0.2) is 170 Å². The highest BCUT2D eigenvalue weighted by Crippen LogP contribution is 2.44. The summed E-state index contributed by atoms with van der Waals surface area (Å²) in [5.41, 5.74) is 8.73. The van der Waals surface area contributed by atoms with Crippen LogP contribution < -0.4 is 4.90 Å². The molecule has 0 saturated carbocycles. The fourth-order valence-electron chi connectivity index (χ4n) is 7.52. The zero-order chi connectivity index (χ0) is 34.1. The number of halogens is 2. The molecular formula is C46H28Cl2N2S. The third kappa shape index (κ3) is 5.16. The van der Waals surface area contributed by atoms with Crippen LogP contribution in [-0.4, -0.2) is 4.57 Å². The zero-order valence-corrected chi connectivity index (χ0v) is 29.6. The first-order valence-corrected chi connectivity index (χ1v) is 18.4. The molecule has 242 valence electrons. The summed E-state index contributed by atoms with van der Waals surface area (Å²) in [6.07, 6.45) is 0. The van der Waals surface area contributed by atoms with Crippen LogP contribution in [0.1, 0.15) is 0 Å². The van der Waals surface area contributed by atoms with Gasteiger partial charge < -0.3 is 9.47 Å². The van der Waals surface area contributed by atoms with Gasteiger partial charge in [0, 0.05) is 63.7 Å². The molecule has 5 heteroatoms. The van der Waals surface area contributed by atoms with Gasteiger partial charge in [0.15, 0.2) is 0 Å². The number of fused-ring (bicyclic) bond motifs is 7. The number of rotatable bonds is 5. The lowest BCUT2D eigenvalue weighted by molar-refractivity contribution is 1.18. The van der Waals surface area contributed by atoms with E-state index in [1.54, 1.807) is 6.07 Å². The Morgan fingerprint density at radius 3 is 1.96 bits per heavy atom. The van der Waals surface area contributed by atoms with E-state index < -0.39 is 0 Å². The van der Waals surface area contributed by atoms with Crippen molar-refractivity contribution in [2.75, 3.05) is 4.90 Å². The second kappa shape index (κ2) is 12.0. The molecule has 0 aliphatic heterocycles. The lowest BCUT2D eigenvalue weighted by Crippen LogP contribution is -2.10. The number of nitrogens with zero attached hydrogens (tertiary/aromatic N) is 2. The van der Waals surface area contributed by atoms with Crippen molar-refractivity contribution >= 4 is 104 Å². The molecule has 51 heavy (non-hydrogen) atoms. The van der Waals surface area contributed by atoms with Crippen molar-refractivity contribution < 1.29 is 0 Å². The van der Waals surface area contributed by atoms with Gasteiger partial charge in [0.2, 0.25) is 0 Å². The summed E-state index contributed by atoms with van der Waals surface area (Å²) < 4.78 is 4.96. The Morgan fingerprint density at radius 1 is 0.412 bits per heavy atom. The van der Waals surface area contributed by atoms with E-state index in [4.69, 9.17) is 23.2 Å². The summed E-state index contributed by atoms with van der Waals surface area (Å²) in [6, 6.07) is 60.7. The van der Waals surface area contributed by atoms with Gasteiger partial charge in [-0.05, 0) is 113 Å². The van der Waals surface area contributed by atoms with Crippen LogP contribution in [0.2, 0.25) is 10.0 Å². The van der Waals surface area contributed by atoms with Gasteiger partial charge in [-0.1, -0.05) is 102 Å². The first-order chi connectivity index (χ1) is 25.1. The average Bonchev–Trinajstić information content (AvgIpc) is 3.69. The molecule has 0 unspecified atom stereocenters. The van der Waals surface area contributed by atoms with Gasteiger partial charge in [-0.2, -0.15) is 0 Å². The van der Waals surface area contributed by atoms with Crippen molar-refractivity contribution in [3.05, 3.63) is 180 Å². The quantitative estimate of drug-likeness (QED) is 0.173. The molecule has 2 nitrogen and oxygen atoms in total. The summed E-state index contributed by atoms with van der Waals surface area (Å²) in [6.45, 7) is 0. The van der Waals surface area contributed by atoms with E-state index in [-0.39, 0.29) is 0 Å². The van der Waals surface area contributed by atoms with Crippen molar-refractivity contribution in [2.45, 2.75) is 0 Å². The van der Waals surface area contributed by atoms with Gasteiger partial charge >= 0.3 is 0 Å². The highest BCUT2D eigenvalue weighted by Gasteiger charge is 2.19. The third-order valence-corrected chi connectivity index (χ3v) is 11.4. The molecule has 0 aliphatic rings. The number of aromatic nitrogens is 1. The molecule has 0 atom stereocenters. The van der Waals surface area contributed by atoms with Gasteiger partial charge in [-0.25, -0.2) is 0 Å². The minimum atomic E-state index is 0.622. The SMILES string of the molecule is Clc1cc(Cl)cc(-c2ccc3c(c2)c2ccc(N(c4ccc5ccccc5c4)c4ccc5sc6ccccc6c5c4)cc2n3-c2ccccc2)c1. The maximum Gasteiger partial charge on any atom is 0.0561 e. The lowest BCUT2D eigenvalue weighted by atomic mass is 10.0. The molecule has 10 aromatic rings. The van der Waals surface area contributed by atoms with Gasteiger partial charge in [0.25, 0.3) is 0 Å². The van der Waals surface area contributed by atoms with Crippen LogP contribution in [0.3, 0.4) is 0 Å². The van der Waals surface area contributed by atoms with Gasteiger partial charge in [0.05, 0.1) is 11.0 Å². The van der Waals surface area contributed by atoms with E-state index in [2.05, 4.69) is 161 Å². The van der Waals surface area contributed by atoms with Gasteiger partial charge in [0.1, 0.15) is 0 Å². The van der Waals surface area contributed by atoms with Crippen molar-refractivity contribution in [1.29, 1.82) is 0 Å². The van der Waals surface area contributed by atoms with E-state index in [0.717, 1.165) is 50.3 Å². The van der Waals surface area contributed by atoms with Crippen LogP contribution in [0, 0.1) is 0 Å². The molecule has 10 rings (SSSR count). The predicted molar refractivity (Wildman–Crippen MR) is 221 cm³/mol. The minimum Gasteiger partial charge on any atom is -0.310 e. The van der Waals surface area contributed by atoms with E-state index in [9.17, 15) is 0 Å². The third-order valence-electron chi connectivity index (χ3n) is 9.83. The lowest BCUT2D eigenvalue weighted by Gasteiger charge is -2.26. The minimum absolute atomic E-state index is 0.622. The summed E-state index contributed by atoms with van der Waals surface area (Å²) in [5.74, 6) is 0. The van der Waals surface area contributed by atoms with E-state index in [1.807, 2.05) is 23.5 Å². The summed E-state index contributed by atoms with van der Waals surface area (Å²) in [7, 11) is 0. The summed E-state index contributed by atoms with van der Waals surface area (Å²) in [5, 5.41) is 8.56. The van der Waals surface area contributed by atoms with E-state index in [0.29, 0.717) is 10.0 Å². The molecule has 2 heterocycles. The standard InChI is InChI=1S/C46H28Cl2N2S/c47-33-22-32(23-34(48)26-33)31-15-20-43-41(25-31)39-19-17-38(28-44(39)50(43)35-10-2-1-3-11-35)49(36-16-14-29-8-4-5-9-30(29)24-36)37-18-21-46-42(27-37)40-12-6-7-13-45(40)51-46/h1-28H. The monoisotopic (exact) mass is 710 g/mol. The van der Waals surface area contributed by atoms with Crippen LogP contribution in [0.5, 0.6) is 0 Å². The first kappa shape index (κ1) is 30.3. The number of hydrogen-bond donors (Lipinski definition) is 0. The number of para-hydroxylation sites is 1. The smallest absolute Gasteiger partial charge is 0.0561 e. The molecule has 0 radical (unpaired) electrons. The molecule has 8 aromatic carbocycles. The molecule has 2 aromatic heterocycles. The zero-order valence-electron chi connectivity index (χ0n) is 27.2. The highest BCUT2D eigenvalue weighted by molar-refractivity contribution is 7.25. The first-order valence-electron chi connectivity index (χ1n) is 16.9. The summed E-state index contributed by atoms with van der Waals surface area (Å²) in [4.78, 5) is 2.39. The number of anilines is 3. The molecule has 0 saturated heterocycles. The van der Waals surface area contributed by atoms with Gasteiger partial charge in [-0.15, -0.1) is 11.3 Å². The molecular weight excluding hydrogens is 683 g/mol. The Labute approximate surface area is 308 Å². The largest absolute Gasteiger partial charge is 0.310 e. The molecule has 0 spiro atoms. The Hall–Kier alpha value is -5.58. The van der Waals surface area contributed by atoms with Crippen molar-refractivity contribution in [3.8, 4) is 16.8 Å². The molecule has 0 bridgehead atoms. The summed E-state index contributed by atoms with van der Waals surface area (Å²) >= 11 is 14.7. The molecule has 0 aliphatic carbocycles. The van der Waals surface area contributed by atoms with Crippen molar-refractivity contribution in [3.63, 3.8) is 0 Å². The predicted octanol–water partition coefficient (Wildman–Crippen LogP) is 14.7. The second-order valence-electron chi connectivity index (χ2n) is 12.9. The average molecular weight is 712 g/mol. The van der Waals surface area contributed by atoms with Crippen LogP contribution in [-0.2, 0) is 0 Å². The van der Waals surface area contributed by atoms with Crippen molar-refractivity contribution in [2.24, 2.45) is 0 Å². The number of benzene rings is 8. The molecule has 0 amide bonds. The topological polar surface area (TPSA) is 8.17 Å². The maximum absolute atomic E-state index is 6.44. The van der Waals surface area contributed by atoms with Crippen molar-refractivity contribution in [1.82, 2.24) is 4.57 Å². The van der Waals surface area contributed by atoms with Crippen LogP contribution >= 0.6 is 34.5 Å². The Morgan fingerprint density at radius 2 is 1.10 bits per heavy atom. The van der Waals surface area contributed by atoms with Crippen LogP contribution in [0.25, 0.3) is 69.6 Å². The Balaban J connectivity index is 1.23. The Bertz CT molecular complexity index is 2940. The highest BCUT2D eigenvalue weighted by atomic mass is 35.5. The molecule has 0 fully saturated rings. The normalized spacial score (nSPS) is 11.7. The van der Waals surface area contributed by atoms with Gasteiger partial charge in [-0.3, -0.25) is 0 Å². The van der Waals surface area contributed by atoms with E-state index >= 15 is 0 Å². The maximum atomic E-state index is 6.44. The second-order valence-corrected chi connectivity index (χ2v) is 14.9. The number of hydrogen-bond acceptors (Lipinski definition) is 2. The molecule has 0 N–H and O–H groups in total. The fraction of sp³-hybridized carbons (Fsp3) is 0.